The molecule has 0 amide bonds. The number of anilines is 1. The lowest BCUT2D eigenvalue weighted by Gasteiger charge is -2.08. The fourth-order valence-corrected chi connectivity index (χ4v) is 1.95. The van der Waals surface area contributed by atoms with Gasteiger partial charge >= 0.3 is 5.69 Å². The maximum absolute atomic E-state index is 11.4. The molecule has 0 saturated carbocycles. The Morgan fingerprint density at radius 3 is 3.10 bits per heavy atom. The molecular formula is C14H15N5O2. The topological polar surface area (TPSA) is 84.3 Å². The molecular weight excluding hydrogens is 270 g/mol. The lowest BCUT2D eigenvalue weighted by molar-refractivity contribution is 0.332. The number of aromatic nitrogens is 4. The summed E-state index contributed by atoms with van der Waals surface area (Å²) in [6.45, 7) is 3.11. The van der Waals surface area contributed by atoms with Crippen molar-refractivity contribution in [3.05, 3.63) is 52.4 Å². The Bertz CT molecular complexity index is 808. The minimum atomic E-state index is -0.357. The number of H-pyrrole nitrogens is 1. The zero-order valence-electron chi connectivity index (χ0n) is 11.5. The summed E-state index contributed by atoms with van der Waals surface area (Å²) in [5.41, 5.74) is 1.29. The van der Waals surface area contributed by atoms with Crippen molar-refractivity contribution in [1.29, 1.82) is 0 Å². The molecule has 108 valence electrons. The Hall–Kier alpha value is -2.83. The first-order valence-electron chi connectivity index (χ1n) is 6.60. The number of ether oxygens (including phenoxy) is 1. The van der Waals surface area contributed by atoms with Crippen LogP contribution < -0.4 is 15.7 Å². The third-order valence-corrected chi connectivity index (χ3v) is 2.94. The van der Waals surface area contributed by atoms with Crippen molar-refractivity contribution in [3.63, 3.8) is 0 Å². The van der Waals surface area contributed by atoms with Gasteiger partial charge in [0.2, 0.25) is 0 Å². The first-order chi connectivity index (χ1) is 10.2. The first-order valence-corrected chi connectivity index (χ1v) is 6.60. The third kappa shape index (κ3) is 3.02. The molecule has 21 heavy (non-hydrogen) atoms. The highest BCUT2D eigenvalue weighted by Gasteiger charge is 2.02. The largest absolute Gasteiger partial charge is 0.492 e. The number of nitrogens with zero attached hydrogens (tertiary/aromatic N) is 3. The molecule has 0 aliphatic heterocycles. The molecule has 1 aromatic carbocycles. The molecule has 0 spiro atoms. The van der Waals surface area contributed by atoms with Gasteiger partial charge in [-0.05, 0) is 36.8 Å². The summed E-state index contributed by atoms with van der Waals surface area (Å²) in [5, 5.41) is 13.4. The van der Waals surface area contributed by atoms with E-state index in [-0.39, 0.29) is 5.69 Å². The molecule has 0 fully saturated rings. The average molecular weight is 285 g/mol. The van der Waals surface area contributed by atoms with Gasteiger partial charge in [-0.1, -0.05) is 12.1 Å². The van der Waals surface area contributed by atoms with Crippen molar-refractivity contribution in [3.8, 4) is 5.75 Å². The summed E-state index contributed by atoms with van der Waals surface area (Å²) in [4.78, 5) is 11.4. The van der Waals surface area contributed by atoms with E-state index in [1.807, 2.05) is 31.2 Å². The molecule has 3 rings (SSSR count). The highest BCUT2D eigenvalue weighted by Crippen LogP contribution is 2.12. The predicted molar refractivity (Wildman–Crippen MR) is 78.8 cm³/mol. The van der Waals surface area contributed by atoms with Crippen LogP contribution in [0.1, 0.15) is 5.56 Å². The number of hydrogen-bond acceptors (Lipinski definition) is 5. The van der Waals surface area contributed by atoms with Crippen LogP contribution >= 0.6 is 0 Å². The van der Waals surface area contributed by atoms with Gasteiger partial charge in [0.15, 0.2) is 5.65 Å². The van der Waals surface area contributed by atoms with Crippen LogP contribution in [0.5, 0.6) is 5.75 Å². The second-order valence-corrected chi connectivity index (χ2v) is 4.61. The zero-order chi connectivity index (χ0) is 14.7. The van der Waals surface area contributed by atoms with Gasteiger partial charge in [0.05, 0.1) is 6.54 Å². The van der Waals surface area contributed by atoms with E-state index in [1.165, 1.54) is 4.52 Å². The minimum Gasteiger partial charge on any atom is -0.492 e. The van der Waals surface area contributed by atoms with Crippen molar-refractivity contribution in [2.75, 3.05) is 18.5 Å². The van der Waals surface area contributed by atoms with Crippen LogP contribution in [0.15, 0.2) is 41.2 Å². The van der Waals surface area contributed by atoms with E-state index in [4.69, 9.17) is 4.74 Å². The summed E-state index contributed by atoms with van der Waals surface area (Å²) >= 11 is 0. The minimum absolute atomic E-state index is 0.357. The van der Waals surface area contributed by atoms with Crippen LogP contribution in [-0.2, 0) is 0 Å². The molecule has 2 heterocycles. The van der Waals surface area contributed by atoms with Crippen molar-refractivity contribution in [2.24, 2.45) is 0 Å². The van der Waals surface area contributed by atoms with Crippen LogP contribution in [0.25, 0.3) is 5.65 Å². The second kappa shape index (κ2) is 5.66. The standard InChI is InChI=1S/C14H15N5O2/c1-10-3-2-4-11(9-10)21-8-7-15-12-5-6-13-16-17-14(20)19(13)18-12/h2-6,9H,7-8H2,1H3,(H,15,18)(H,17,20). The average Bonchev–Trinajstić information content (AvgIpc) is 2.85. The molecule has 0 unspecified atom stereocenters. The van der Waals surface area contributed by atoms with Crippen molar-refractivity contribution in [1.82, 2.24) is 19.8 Å². The summed E-state index contributed by atoms with van der Waals surface area (Å²) in [6.07, 6.45) is 0. The maximum Gasteiger partial charge on any atom is 0.364 e. The Balaban J connectivity index is 1.57. The van der Waals surface area contributed by atoms with E-state index in [0.717, 1.165) is 11.3 Å². The molecule has 0 bridgehead atoms. The summed E-state index contributed by atoms with van der Waals surface area (Å²) in [5.74, 6) is 1.44. The fourth-order valence-electron chi connectivity index (χ4n) is 1.95. The SMILES string of the molecule is Cc1cccc(OCCNc2ccc3n[nH]c(=O)n3n2)c1. The number of benzene rings is 1. The number of aromatic amines is 1. The predicted octanol–water partition coefficient (Wildman–Crippen LogP) is 1.22. The van der Waals surface area contributed by atoms with E-state index >= 15 is 0 Å². The molecule has 0 aliphatic carbocycles. The van der Waals surface area contributed by atoms with Crippen molar-refractivity contribution >= 4 is 11.5 Å². The number of fused-ring (bicyclic) bond motifs is 1. The van der Waals surface area contributed by atoms with E-state index in [2.05, 4.69) is 20.6 Å². The van der Waals surface area contributed by atoms with Crippen LogP contribution in [0, 0.1) is 6.92 Å². The van der Waals surface area contributed by atoms with Gasteiger partial charge < -0.3 is 10.1 Å². The Labute approximate surface area is 120 Å². The fraction of sp³-hybridized carbons (Fsp3) is 0.214. The summed E-state index contributed by atoms with van der Waals surface area (Å²) in [7, 11) is 0. The van der Waals surface area contributed by atoms with Crippen molar-refractivity contribution in [2.45, 2.75) is 6.92 Å². The van der Waals surface area contributed by atoms with Crippen LogP contribution in [0.4, 0.5) is 5.82 Å². The number of hydrogen-bond donors (Lipinski definition) is 2. The quantitative estimate of drug-likeness (QED) is 0.688. The molecule has 7 heteroatoms. The molecule has 0 radical (unpaired) electrons. The number of aryl methyl sites for hydroxylation is 1. The molecule has 7 nitrogen and oxygen atoms in total. The Morgan fingerprint density at radius 2 is 2.24 bits per heavy atom. The lowest BCUT2D eigenvalue weighted by Crippen LogP contribution is -2.16. The van der Waals surface area contributed by atoms with Gasteiger partial charge in [-0.15, -0.1) is 5.10 Å². The van der Waals surface area contributed by atoms with E-state index in [1.54, 1.807) is 12.1 Å². The Morgan fingerprint density at radius 1 is 1.33 bits per heavy atom. The Kier molecular flexibility index (Phi) is 3.55. The van der Waals surface area contributed by atoms with Crippen LogP contribution in [0.3, 0.4) is 0 Å². The molecule has 0 aliphatic rings. The molecule has 3 aromatic rings. The van der Waals surface area contributed by atoms with Crippen LogP contribution in [0.2, 0.25) is 0 Å². The second-order valence-electron chi connectivity index (χ2n) is 4.61. The van der Waals surface area contributed by atoms with Gasteiger partial charge in [-0.2, -0.15) is 9.61 Å². The smallest absolute Gasteiger partial charge is 0.364 e. The molecule has 2 aromatic heterocycles. The van der Waals surface area contributed by atoms with Gasteiger partial charge in [0, 0.05) is 0 Å². The van der Waals surface area contributed by atoms with Gasteiger partial charge in [0.25, 0.3) is 0 Å². The number of nitrogens with one attached hydrogen (secondary N) is 2. The lowest BCUT2D eigenvalue weighted by atomic mass is 10.2. The van der Waals surface area contributed by atoms with Crippen LogP contribution in [-0.4, -0.2) is 33.0 Å². The van der Waals surface area contributed by atoms with Gasteiger partial charge in [-0.3, -0.25) is 0 Å². The summed E-state index contributed by atoms with van der Waals surface area (Å²) in [6, 6.07) is 11.4. The maximum atomic E-state index is 11.4. The van der Waals surface area contributed by atoms with Gasteiger partial charge in [0.1, 0.15) is 18.2 Å². The monoisotopic (exact) mass is 285 g/mol. The molecule has 2 N–H and O–H groups in total. The number of rotatable bonds is 5. The zero-order valence-corrected chi connectivity index (χ0v) is 11.5. The first kappa shape index (κ1) is 13.2. The highest BCUT2D eigenvalue weighted by molar-refractivity contribution is 5.42. The van der Waals surface area contributed by atoms with E-state index in [0.29, 0.717) is 24.6 Å². The van der Waals surface area contributed by atoms with E-state index in [9.17, 15) is 4.79 Å². The summed E-state index contributed by atoms with van der Waals surface area (Å²) < 4.78 is 6.84. The molecule has 0 atom stereocenters. The van der Waals surface area contributed by atoms with Gasteiger partial charge in [-0.25, -0.2) is 9.89 Å². The molecule has 0 saturated heterocycles. The van der Waals surface area contributed by atoms with E-state index < -0.39 is 0 Å². The highest BCUT2D eigenvalue weighted by atomic mass is 16.5. The normalized spacial score (nSPS) is 10.7. The van der Waals surface area contributed by atoms with Crippen molar-refractivity contribution < 1.29 is 4.74 Å². The third-order valence-electron chi connectivity index (χ3n) is 2.94.